The molecule has 0 aromatic heterocycles. The van der Waals surface area contributed by atoms with Gasteiger partial charge in [0.2, 0.25) is 5.91 Å². The molecule has 0 radical (unpaired) electrons. The zero-order valence-electron chi connectivity index (χ0n) is 13.3. The molecule has 1 heterocycles. The SMILES string of the molecule is CCC(C(=O)Nc1ccc2c(c1)CNCC2)c1ccccc1.Cl. The highest BCUT2D eigenvalue weighted by atomic mass is 35.5. The van der Waals surface area contributed by atoms with Gasteiger partial charge in [0.1, 0.15) is 0 Å². The van der Waals surface area contributed by atoms with Crippen LogP contribution in [0.4, 0.5) is 5.69 Å². The quantitative estimate of drug-likeness (QED) is 0.893. The third kappa shape index (κ3) is 4.12. The van der Waals surface area contributed by atoms with E-state index in [4.69, 9.17) is 0 Å². The summed E-state index contributed by atoms with van der Waals surface area (Å²) < 4.78 is 0. The predicted octanol–water partition coefficient (Wildman–Crippen LogP) is 3.89. The number of amides is 1. The second kappa shape index (κ2) is 8.14. The van der Waals surface area contributed by atoms with E-state index in [1.807, 2.05) is 43.3 Å². The van der Waals surface area contributed by atoms with Gasteiger partial charge in [-0.2, -0.15) is 0 Å². The fraction of sp³-hybridized carbons (Fsp3) is 0.316. The Bertz CT molecular complexity index is 658. The average molecular weight is 331 g/mol. The van der Waals surface area contributed by atoms with Gasteiger partial charge in [-0.1, -0.05) is 43.3 Å². The molecule has 23 heavy (non-hydrogen) atoms. The van der Waals surface area contributed by atoms with Crippen molar-refractivity contribution in [2.45, 2.75) is 32.2 Å². The summed E-state index contributed by atoms with van der Waals surface area (Å²) in [5.41, 5.74) is 4.63. The van der Waals surface area contributed by atoms with Gasteiger partial charge in [0.15, 0.2) is 0 Å². The van der Waals surface area contributed by atoms with Crippen molar-refractivity contribution in [1.29, 1.82) is 0 Å². The molecule has 0 fully saturated rings. The molecule has 3 rings (SSSR count). The molecular formula is C19H23ClN2O. The van der Waals surface area contributed by atoms with Crippen molar-refractivity contribution in [2.75, 3.05) is 11.9 Å². The van der Waals surface area contributed by atoms with Crippen LogP contribution in [-0.2, 0) is 17.8 Å². The summed E-state index contributed by atoms with van der Waals surface area (Å²) in [7, 11) is 0. The number of benzene rings is 2. The van der Waals surface area contributed by atoms with Crippen LogP contribution in [0, 0.1) is 0 Å². The smallest absolute Gasteiger partial charge is 0.231 e. The molecule has 0 aliphatic carbocycles. The second-order valence-corrected chi connectivity index (χ2v) is 5.77. The van der Waals surface area contributed by atoms with Gasteiger partial charge in [0.05, 0.1) is 5.92 Å². The molecule has 0 saturated heterocycles. The molecule has 2 N–H and O–H groups in total. The summed E-state index contributed by atoms with van der Waals surface area (Å²) in [5, 5.41) is 6.44. The van der Waals surface area contributed by atoms with E-state index in [1.54, 1.807) is 0 Å². The Morgan fingerprint density at radius 2 is 1.96 bits per heavy atom. The van der Waals surface area contributed by atoms with Gasteiger partial charge in [-0.25, -0.2) is 0 Å². The molecule has 1 amide bonds. The minimum Gasteiger partial charge on any atom is -0.326 e. The third-order valence-electron chi connectivity index (χ3n) is 4.29. The monoisotopic (exact) mass is 330 g/mol. The molecule has 1 atom stereocenters. The van der Waals surface area contributed by atoms with E-state index in [2.05, 4.69) is 22.8 Å². The lowest BCUT2D eigenvalue weighted by Gasteiger charge is -2.19. The maximum Gasteiger partial charge on any atom is 0.231 e. The molecule has 2 aromatic carbocycles. The first-order chi connectivity index (χ1) is 10.8. The number of anilines is 1. The fourth-order valence-corrected chi connectivity index (χ4v) is 3.05. The minimum atomic E-state index is -0.102. The van der Waals surface area contributed by atoms with Gasteiger partial charge in [-0.05, 0) is 48.2 Å². The summed E-state index contributed by atoms with van der Waals surface area (Å²) in [6.45, 7) is 3.97. The van der Waals surface area contributed by atoms with E-state index >= 15 is 0 Å². The highest BCUT2D eigenvalue weighted by Crippen LogP contribution is 2.23. The average Bonchev–Trinajstić information content (AvgIpc) is 2.56. The first-order valence-corrected chi connectivity index (χ1v) is 7.96. The van der Waals surface area contributed by atoms with E-state index in [0.29, 0.717) is 0 Å². The molecule has 0 saturated carbocycles. The van der Waals surface area contributed by atoms with Crippen LogP contribution in [0.2, 0.25) is 0 Å². The Balaban J connectivity index is 0.00000192. The van der Waals surface area contributed by atoms with Crippen molar-refractivity contribution in [3.05, 3.63) is 65.2 Å². The van der Waals surface area contributed by atoms with Crippen molar-refractivity contribution < 1.29 is 4.79 Å². The van der Waals surface area contributed by atoms with E-state index in [0.717, 1.165) is 37.2 Å². The summed E-state index contributed by atoms with van der Waals surface area (Å²) in [6, 6.07) is 16.2. The number of halogens is 1. The Hall–Kier alpha value is -1.84. The van der Waals surface area contributed by atoms with Crippen molar-refractivity contribution in [2.24, 2.45) is 0 Å². The number of rotatable bonds is 4. The van der Waals surface area contributed by atoms with Crippen LogP contribution in [0.5, 0.6) is 0 Å². The van der Waals surface area contributed by atoms with Gasteiger partial charge in [0.25, 0.3) is 0 Å². The Morgan fingerprint density at radius 3 is 2.70 bits per heavy atom. The van der Waals surface area contributed by atoms with E-state index in [9.17, 15) is 4.79 Å². The standard InChI is InChI=1S/C19H22N2O.ClH/c1-2-18(15-6-4-3-5-7-15)19(22)21-17-9-8-14-10-11-20-13-16(14)12-17;/h3-9,12,18,20H,2,10-11,13H2,1H3,(H,21,22);1H. The van der Waals surface area contributed by atoms with Crippen LogP contribution >= 0.6 is 12.4 Å². The lowest BCUT2D eigenvalue weighted by Crippen LogP contribution is -2.24. The Labute approximate surface area is 143 Å². The van der Waals surface area contributed by atoms with Crippen molar-refractivity contribution >= 4 is 24.0 Å². The van der Waals surface area contributed by atoms with Crippen LogP contribution in [-0.4, -0.2) is 12.5 Å². The molecule has 122 valence electrons. The predicted molar refractivity (Wildman–Crippen MR) is 97.2 cm³/mol. The molecule has 3 nitrogen and oxygen atoms in total. The van der Waals surface area contributed by atoms with E-state index in [-0.39, 0.29) is 24.2 Å². The maximum atomic E-state index is 12.6. The molecule has 4 heteroatoms. The number of carbonyl (C=O) groups is 1. The minimum absolute atomic E-state index is 0. The normalized spacial score (nSPS) is 14.3. The van der Waals surface area contributed by atoms with Crippen LogP contribution in [0.1, 0.15) is 36.0 Å². The van der Waals surface area contributed by atoms with Crippen LogP contribution < -0.4 is 10.6 Å². The fourth-order valence-electron chi connectivity index (χ4n) is 3.05. The van der Waals surface area contributed by atoms with Crippen molar-refractivity contribution in [1.82, 2.24) is 5.32 Å². The Morgan fingerprint density at radius 1 is 1.17 bits per heavy atom. The maximum absolute atomic E-state index is 12.6. The first kappa shape index (κ1) is 17.5. The number of carbonyl (C=O) groups excluding carboxylic acids is 1. The van der Waals surface area contributed by atoms with Crippen molar-refractivity contribution in [3.63, 3.8) is 0 Å². The number of fused-ring (bicyclic) bond motifs is 1. The summed E-state index contributed by atoms with van der Waals surface area (Å²) >= 11 is 0. The molecule has 1 aliphatic heterocycles. The third-order valence-corrected chi connectivity index (χ3v) is 4.29. The van der Waals surface area contributed by atoms with Crippen LogP contribution in [0.3, 0.4) is 0 Å². The zero-order chi connectivity index (χ0) is 15.4. The first-order valence-electron chi connectivity index (χ1n) is 7.96. The lowest BCUT2D eigenvalue weighted by molar-refractivity contribution is -0.117. The molecule has 0 spiro atoms. The molecule has 0 bridgehead atoms. The second-order valence-electron chi connectivity index (χ2n) is 5.77. The van der Waals surface area contributed by atoms with E-state index in [1.165, 1.54) is 11.1 Å². The van der Waals surface area contributed by atoms with Gasteiger partial charge < -0.3 is 10.6 Å². The Kier molecular flexibility index (Phi) is 6.20. The number of nitrogens with one attached hydrogen (secondary N) is 2. The van der Waals surface area contributed by atoms with Gasteiger partial charge in [-0.3, -0.25) is 4.79 Å². The largest absolute Gasteiger partial charge is 0.326 e. The molecular weight excluding hydrogens is 308 g/mol. The zero-order valence-corrected chi connectivity index (χ0v) is 14.2. The number of hydrogen-bond donors (Lipinski definition) is 2. The summed E-state index contributed by atoms with van der Waals surface area (Å²) in [6.07, 6.45) is 1.85. The van der Waals surface area contributed by atoms with Gasteiger partial charge >= 0.3 is 0 Å². The topological polar surface area (TPSA) is 41.1 Å². The molecule has 1 aliphatic rings. The molecule has 1 unspecified atom stereocenters. The number of hydrogen-bond acceptors (Lipinski definition) is 2. The van der Waals surface area contributed by atoms with Gasteiger partial charge in [0, 0.05) is 12.2 Å². The summed E-state index contributed by atoms with van der Waals surface area (Å²) in [4.78, 5) is 12.6. The van der Waals surface area contributed by atoms with Gasteiger partial charge in [-0.15, -0.1) is 12.4 Å². The van der Waals surface area contributed by atoms with E-state index < -0.39 is 0 Å². The highest BCUT2D eigenvalue weighted by molar-refractivity contribution is 5.95. The van der Waals surface area contributed by atoms with Crippen LogP contribution in [0.15, 0.2) is 48.5 Å². The van der Waals surface area contributed by atoms with Crippen LogP contribution in [0.25, 0.3) is 0 Å². The molecule has 2 aromatic rings. The summed E-state index contributed by atoms with van der Waals surface area (Å²) in [5.74, 6) is -0.0345. The van der Waals surface area contributed by atoms with Crippen molar-refractivity contribution in [3.8, 4) is 0 Å². The lowest BCUT2D eigenvalue weighted by atomic mass is 9.95. The highest BCUT2D eigenvalue weighted by Gasteiger charge is 2.19.